The maximum absolute atomic E-state index is 5.28. The van der Waals surface area contributed by atoms with Crippen LogP contribution < -0.4 is 4.74 Å². The first-order valence-corrected chi connectivity index (χ1v) is 9.60. The minimum absolute atomic E-state index is 0.695. The van der Waals surface area contributed by atoms with E-state index in [1.165, 1.54) is 22.6 Å². The maximum atomic E-state index is 5.28. The Labute approximate surface area is 159 Å². The van der Waals surface area contributed by atoms with Crippen molar-refractivity contribution in [2.45, 2.75) is 19.5 Å². The number of rotatable bonds is 4. The van der Waals surface area contributed by atoms with Crippen molar-refractivity contribution in [2.24, 2.45) is 11.8 Å². The lowest BCUT2D eigenvalue weighted by Crippen LogP contribution is -2.28. The third-order valence-corrected chi connectivity index (χ3v) is 5.97. The van der Waals surface area contributed by atoms with Gasteiger partial charge in [-0.1, -0.05) is 6.07 Å². The number of ether oxygens (including phenoxy) is 1. The minimum atomic E-state index is 0.695. The molecule has 0 unspecified atom stereocenters. The van der Waals surface area contributed by atoms with Crippen LogP contribution in [-0.2, 0) is 19.5 Å². The van der Waals surface area contributed by atoms with E-state index >= 15 is 0 Å². The van der Waals surface area contributed by atoms with Gasteiger partial charge < -0.3 is 9.30 Å². The van der Waals surface area contributed by atoms with Crippen LogP contribution in [-0.4, -0.2) is 39.6 Å². The first-order chi connectivity index (χ1) is 13.3. The number of benzene rings is 1. The van der Waals surface area contributed by atoms with Gasteiger partial charge in [-0.05, 0) is 47.7 Å². The van der Waals surface area contributed by atoms with Crippen molar-refractivity contribution in [3.8, 4) is 17.0 Å². The van der Waals surface area contributed by atoms with Gasteiger partial charge in [-0.3, -0.25) is 9.88 Å². The average Bonchev–Trinajstić information content (AvgIpc) is 3.29. The van der Waals surface area contributed by atoms with Gasteiger partial charge in [0.25, 0.3) is 0 Å². The zero-order chi connectivity index (χ0) is 18.2. The van der Waals surface area contributed by atoms with E-state index in [1.807, 2.05) is 36.8 Å². The second-order valence-corrected chi connectivity index (χ2v) is 7.68. The fourth-order valence-corrected chi connectivity index (χ4v) is 4.59. The van der Waals surface area contributed by atoms with Crippen LogP contribution in [0.4, 0.5) is 0 Å². The van der Waals surface area contributed by atoms with Gasteiger partial charge in [0.05, 0.1) is 19.0 Å². The van der Waals surface area contributed by atoms with Crippen LogP contribution in [0.15, 0.2) is 55.0 Å². The molecule has 1 saturated heterocycles. The van der Waals surface area contributed by atoms with Gasteiger partial charge in [0.15, 0.2) is 0 Å². The number of nitrogens with zero attached hydrogens (tertiary/aromatic N) is 4. The number of pyridine rings is 1. The summed E-state index contributed by atoms with van der Waals surface area (Å²) < 4.78 is 7.71. The number of imidazole rings is 1. The summed E-state index contributed by atoms with van der Waals surface area (Å²) in [5, 5.41) is 0. The van der Waals surface area contributed by atoms with E-state index in [4.69, 9.17) is 9.72 Å². The van der Waals surface area contributed by atoms with Gasteiger partial charge in [-0.2, -0.15) is 0 Å². The molecule has 2 aliphatic rings. The Morgan fingerprint density at radius 2 is 1.89 bits per heavy atom. The highest BCUT2D eigenvalue weighted by atomic mass is 16.5. The highest BCUT2D eigenvalue weighted by molar-refractivity contribution is 5.60. The Bertz CT molecular complexity index is 919. The number of fused-ring (bicyclic) bond motifs is 2. The highest BCUT2D eigenvalue weighted by Crippen LogP contribution is 2.36. The van der Waals surface area contributed by atoms with Crippen molar-refractivity contribution in [3.63, 3.8) is 0 Å². The van der Waals surface area contributed by atoms with Gasteiger partial charge in [-0.15, -0.1) is 0 Å². The predicted octanol–water partition coefficient (Wildman–Crippen LogP) is 3.26. The second-order valence-electron chi connectivity index (χ2n) is 7.68. The van der Waals surface area contributed by atoms with E-state index in [9.17, 15) is 0 Å². The molecule has 0 N–H and O–H groups in total. The van der Waals surface area contributed by atoms with Crippen molar-refractivity contribution in [3.05, 3.63) is 66.4 Å². The lowest BCUT2D eigenvalue weighted by Gasteiger charge is -2.27. The van der Waals surface area contributed by atoms with E-state index in [-0.39, 0.29) is 0 Å². The van der Waals surface area contributed by atoms with E-state index < -0.39 is 0 Å². The Balaban J connectivity index is 1.33. The number of hydrogen-bond acceptors (Lipinski definition) is 4. The van der Waals surface area contributed by atoms with Crippen LogP contribution in [0.5, 0.6) is 5.75 Å². The average molecular weight is 360 g/mol. The Morgan fingerprint density at radius 3 is 2.67 bits per heavy atom. The van der Waals surface area contributed by atoms with Crippen molar-refractivity contribution >= 4 is 0 Å². The van der Waals surface area contributed by atoms with Gasteiger partial charge >= 0.3 is 0 Å². The fourth-order valence-electron chi connectivity index (χ4n) is 4.59. The molecule has 1 fully saturated rings. The first kappa shape index (κ1) is 16.5. The summed E-state index contributed by atoms with van der Waals surface area (Å²) >= 11 is 0. The van der Waals surface area contributed by atoms with Crippen molar-refractivity contribution < 1.29 is 4.74 Å². The van der Waals surface area contributed by atoms with Crippen LogP contribution in [0.1, 0.15) is 11.4 Å². The Hall–Kier alpha value is -2.66. The molecule has 5 nitrogen and oxygen atoms in total. The quantitative estimate of drug-likeness (QED) is 0.716. The zero-order valence-corrected chi connectivity index (χ0v) is 15.6. The lowest BCUT2D eigenvalue weighted by molar-refractivity contribution is 0.307. The molecule has 4 heterocycles. The Morgan fingerprint density at radius 1 is 1.04 bits per heavy atom. The van der Waals surface area contributed by atoms with Crippen LogP contribution in [0.2, 0.25) is 0 Å². The molecule has 0 aliphatic carbocycles. The number of aromatic nitrogens is 3. The predicted molar refractivity (Wildman–Crippen MR) is 104 cm³/mol. The molecule has 0 amide bonds. The van der Waals surface area contributed by atoms with Crippen LogP contribution in [0.3, 0.4) is 0 Å². The standard InChI is InChI=1S/C22H24N4O/c1-27-20-6-4-17(5-7-20)21-11-24-22-9-18-13-25(14-19(18)15-26(21)22)12-16-3-2-8-23-10-16/h2-8,10-11,18-19H,9,12-15H2,1H3/t18-,19-/m1/s1. The van der Waals surface area contributed by atoms with E-state index in [1.54, 1.807) is 7.11 Å². The summed E-state index contributed by atoms with van der Waals surface area (Å²) in [6.07, 6.45) is 6.93. The first-order valence-electron chi connectivity index (χ1n) is 9.60. The molecule has 2 atom stereocenters. The smallest absolute Gasteiger partial charge is 0.118 e. The molecule has 27 heavy (non-hydrogen) atoms. The van der Waals surface area contributed by atoms with Crippen LogP contribution in [0.25, 0.3) is 11.3 Å². The molecular weight excluding hydrogens is 336 g/mol. The third kappa shape index (κ3) is 3.12. The number of hydrogen-bond donors (Lipinski definition) is 0. The molecule has 0 bridgehead atoms. The van der Waals surface area contributed by atoms with E-state index in [2.05, 4.69) is 32.7 Å². The number of methoxy groups -OCH3 is 1. The molecule has 1 aromatic carbocycles. The normalized spacial score (nSPS) is 21.7. The highest BCUT2D eigenvalue weighted by Gasteiger charge is 2.37. The summed E-state index contributed by atoms with van der Waals surface area (Å²) in [6.45, 7) is 4.36. The fraction of sp³-hybridized carbons (Fsp3) is 0.364. The molecule has 0 saturated carbocycles. The third-order valence-electron chi connectivity index (χ3n) is 5.97. The molecule has 2 aliphatic heterocycles. The summed E-state index contributed by atoms with van der Waals surface area (Å²) in [7, 11) is 1.70. The topological polar surface area (TPSA) is 43.2 Å². The summed E-state index contributed by atoms with van der Waals surface area (Å²) in [5.41, 5.74) is 3.72. The summed E-state index contributed by atoms with van der Waals surface area (Å²) in [4.78, 5) is 11.6. The largest absolute Gasteiger partial charge is 0.497 e. The molecule has 138 valence electrons. The maximum Gasteiger partial charge on any atom is 0.118 e. The molecule has 5 heteroatoms. The molecule has 3 aromatic rings. The SMILES string of the molecule is COc1ccc(-c2cnc3n2C[C@H]2CN(Cc4cccnc4)C[C@H]2C3)cc1. The lowest BCUT2D eigenvalue weighted by atomic mass is 9.89. The Kier molecular flexibility index (Phi) is 4.17. The van der Waals surface area contributed by atoms with E-state index in [0.717, 1.165) is 38.3 Å². The van der Waals surface area contributed by atoms with Crippen molar-refractivity contribution in [2.75, 3.05) is 20.2 Å². The monoisotopic (exact) mass is 360 g/mol. The van der Waals surface area contributed by atoms with E-state index in [0.29, 0.717) is 11.8 Å². The molecular formula is C22H24N4O. The van der Waals surface area contributed by atoms with Crippen LogP contribution >= 0.6 is 0 Å². The molecule has 5 rings (SSSR count). The zero-order valence-electron chi connectivity index (χ0n) is 15.6. The van der Waals surface area contributed by atoms with Crippen LogP contribution in [0, 0.1) is 11.8 Å². The van der Waals surface area contributed by atoms with Gasteiger partial charge in [0, 0.05) is 50.6 Å². The summed E-state index contributed by atoms with van der Waals surface area (Å²) in [6, 6.07) is 12.5. The number of likely N-dealkylation sites (tertiary alicyclic amines) is 1. The second kappa shape index (κ2) is 6.82. The minimum Gasteiger partial charge on any atom is -0.497 e. The van der Waals surface area contributed by atoms with Gasteiger partial charge in [-0.25, -0.2) is 4.98 Å². The van der Waals surface area contributed by atoms with Crippen molar-refractivity contribution in [1.82, 2.24) is 19.4 Å². The van der Waals surface area contributed by atoms with Gasteiger partial charge in [0.2, 0.25) is 0 Å². The molecule has 0 spiro atoms. The summed E-state index contributed by atoms with van der Waals surface area (Å²) in [5.74, 6) is 3.52. The van der Waals surface area contributed by atoms with Gasteiger partial charge in [0.1, 0.15) is 11.6 Å². The molecule has 2 aromatic heterocycles. The molecule has 0 radical (unpaired) electrons. The van der Waals surface area contributed by atoms with Crippen molar-refractivity contribution in [1.29, 1.82) is 0 Å².